The number of halogens is 2. The van der Waals surface area contributed by atoms with Crippen LogP contribution in [-0.2, 0) is 6.42 Å². The van der Waals surface area contributed by atoms with Gasteiger partial charge in [0.1, 0.15) is 0 Å². The van der Waals surface area contributed by atoms with E-state index in [2.05, 4.69) is 81.2 Å². The van der Waals surface area contributed by atoms with E-state index in [1.165, 1.54) is 22.8 Å². The Kier molecular flexibility index (Phi) is 4.85. The maximum Gasteiger partial charge on any atom is 0.00990 e. The first-order valence-corrected chi connectivity index (χ1v) is 8.57. The van der Waals surface area contributed by atoms with Crippen molar-refractivity contribution in [1.82, 2.24) is 0 Å². The number of hydrogen-bond acceptors (Lipinski definition) is 0. The van der Waals surface area contributed by atoms with Gasteiger partial charge < -0.3 is 0 Å². The SMILES string of the molecule is CCC(CBr)(CBr)Cc1cccc2ccccc12. The minimum Gasteiger partial charge on any atom is -0.0922 e. The normalized spacial score (nSPS) is 11.9. The highest BCUT2D eigenvalue weighted by Gasteiger charge is 2.26. The molecule has 0 fully saturated rings. The minimum absolute atomic E-state index is 0.310. The molecule has 0 heterocycles. The molecule has 2 aromatic rings. The molecule has 18 heavy (non-hydrogen) atoms. The average Bonchev–Trinajstić information content (AvgIpc) is 2.45. The van der Waals surface area contributed by atoms with Crippen LogP contribution in [0, 0.1) is 5.41 Å². The molecule has 2 rings (SSSR count). The molecular weight excluding hydrogens is 352 g/mol. The first-order valence-electron chi connectivity index (χ1n) is 6.33. The largest absolute Gasteiger partial charge is 0.0922 e. The highest BCUT2D eigenvalue weighted by atomic mass is 79.9. The van der Waals surface area contributed by atoms with Crippen LogP contribution < -0.4 is 0 Å². The lowest BCUT2D eigenvalue weighted by atomic mass is 9.82. The summed E-state index contributed by atoms with van der Waals surface area (Å²) in [4.78, 5) is 0. The van der Waals surface area contributed by atoms with Gasteiger partial charge in [-0.15, -0.1) is 0 Å². The molecule has 0 aliphatic rings. The number of alkyl halides is 2. The Morgan fingerprint density at radius 1 is 0.944 bits per heavy atom. The van der Waals surface area contributed by atoms with Gasteiger partial charge in [-0.2, -0.15) is 0 Å². The lowest BCUT2D eigenvalue weighted by Crippen LogP contribution is -2.26. The summed E-state index contributed by atoms with van der Waals surface area (Å²) in [6.07, 6.45) is 2.29. The summed E-state index contributed by atoms with van der Waals surface area (Å²) in [5.74, 6) is 0. The molecule has 0 saturated heterocycles. The fourth-order valence-corrected chi connectivity index (χ4v) is 4.41. The second-order valence-corrected chi connectivity index (χ2v) is 6.06. The highest BCUT2D eigenvalue weighted by Crippen LogP contribution is 2.33. The summed E-state index contributed by atoms with van der Waals surface area (Å²) in [5.41, 5.74) is 1.76. The number of rotatable bonds is 5. The topological polar surface area (TPSA) is 0 Å². The van der Waals surface area contributed by atoms with Gasteiger partial charge in [0.2, 0.25) is 0 Å². The van der Waals surface area contributed by atoms with E-state index < -0.39 is 0 Å². The van der Waals surface area contributed by atoms with Gasteiger partial charge in [0.25, 0.3) is 0 Å². The van der Waals surface area contributed by atoms with Gasteiger partial charge in [-0.25, -0.2) is 0 Å². The molecule has 2 heteroatoms. The van der Waals surface area contributed by atoms with E-state index >= 15 is 0 Å². The molecule has 0 nitrogen and oxygen atoms in total. The monoisotopic (exact) mass is 368 g/mol. The molecule has 0 aliphatic heterocycles. The van der Waals surface area contributed by atoms with Crippen molar-refractivity contribution in [3.05, 3.63) is 48.0 Å². The second kappa shape index (κ2) is 6.21. The predicted molar refractivity (Wildman–Crippen MR) is 88.0 cm³/mol. The van der Waals surface area contributed by atoms with Crippen molar-refractivity contribution in [3.63, 3.8) is 0 Å². The molecule has 0 radical (unpaired) electrons. The third kappa shape index (κ3) is 2.80. The van der Waals surface area contributed by atoms with Gasteiger partial charge in [0.05, 0.1) is 0 Å². The minimum atomic E-state index is 0.310. The van der Waals surface area contributed by atoms with Crippen molar-refractivity contribution in [1.29, 1.82) is 0 Å². The Hall–Kier alpha value is -0.340. The first-order chi connectivity index (χ1) is 8.74. The van der Waals surface area contributed by atoms with Crippen LogP contribution >= 0.6 is 31.9 Å². The fraction of sp³-hybridized carbons (Fsp3) is 0.375. The third-order valence-corrected chi connectivity index (χ3v) is 6.14. The van der Waals surface area contributed by atoms with Crippen LogP contribution in [0.2, 0.25) is 0 Å². The van der Waals surface area contributed by atoms with E-state index in [0.717, 1.165) is 17.1 Å². The van der Waals surface area contributed by atoms with Crippen LogP contribution in [0.4, 0.5) is 0 Å². The zero-order valence-corrected chi connectivity index (χ0v) is 13.8. The van der Waals surface area contributed by atoms with Crippen molar-refractivity contribution < 1.29 is 0 Å². The van der Waals surface area contributed by atoms with Gasteiger partial charge in [-0.3, -0.25) is 0 Å². The van der Waals surface area contributed by atoms with Crippen molar-refractivity contribution >= 4 is 42.6 Å². The van der Waals surface area contributed by atoms with E-state index in [9.17, 15) is 0 Å². The summed E-state index contributed by atoms with van der Waals surface area (Å²) in [6.45, 7) is 2.27. The molecular formula is C16H18Br2. The van der Waals surface area contributed by atoms with E-state index in [1.807, 2.05) is 0 Å². The second-order valence-electron chi connectivity index (χ2n) is 4.94. The van der Waals surface area contributed by atoms with Gasteiger partial charge in [-0.05, 0) is 34.6 Å². The van der Waals surface area contributed by atoms with Gasteiger partial charge >= 0.3 is 0 Å². The van der Waals surface area contributed by atoms with Crippen molar-refractivity contribution in [2.24, 2.45) is 5.41 Å². The lowest BCUT2D eigenvalue weighted by molar-refractivity contribution is 0.375. The summed E-state index contributed by atoms with van der Waals surface area (Å²) >= 11 is 7.37. The Morgan fingerprint density at radius 3 is 2.28 bits per heavy atom. The van der Waals surface area contributed by atoms with E-state index in [1.54, 1.807) is 0 Å². The van der Waals surface area contributed by atoms with Crippen molar-refractivity contribution in [2.75, 3.05) is 10.7 Å². The molecule has 0 unspecified atom stereocenters. The molecule has 0 saturated carbocycles. The fourth-order valence-electron chi connectivity index (χ4n) is 2.29. The number of fused-ring (bicyclic) bond motifs is 1. The van der Waals surface area contributed by atoms with E-state index in [4.69, 9.17) is 0 Å². The van der Waals surface area contributed by atoms with Gasteiger partial charge in [0, 0.05) is 10.7 Å². The third-order valence-electron chi connectivity index (χ3n) is 3.76. The van der Waals surface area contributed by atoms with E-state index in [0.29, 0.717) is 5.41 Å². The van der Waals surface area contributed by atoms with Crippen LogP contribution in [0.1, 0.15) is 18.9 Å². The highest BCUT2D eigenvalue weighted by molar-refractivity contribution is 9.09. The van der Waals surface area contributed by atoms with Crippen molar-refractivity contribution in [2.45, 2.75) is 19.8 Å². The maximum atomic E-state index is 3.68. The predicted octanol–water partition coefficient (Wildman–Crippen LogP) is 5.57. The van der Waals surface area contributed by atoms with Gasteiger partial charge in [0.15, 0.2) is 0 Å². The van der Waals surface area contributed by atoms with Crippen molar-refractivity contribution in [3.8, 4) is 0 Å². The smallest absolute Gasteiger partial charge is 0.00990 e. The summed E-state index contributed by atoms with van der Waals surface area (Å²) in [7, 11) is 0. The molecule has 96 valence electrons. The average molecular weight is 370 g/mol. The van der Waals surface area contributed by atoms with Crippen LogP contribution in [0.25, 0.3) is 10.8 Å². The quantitative estimate of drug-likeness (QED) is 0.604. The number of hydrogen-bond donors (Lipinski definition) is 0. The molecule has 0 aliphatic carbocycles. The summed E-state index contributed by atoms with van der Waals surface area (Å²) in [6, 6.07) is 15.3. The van der Waals surface area contributed by atoms with Crippen LogP contribution in [-0.4, -0.2) is 10.7 Å². The molecule has 0 amide bonds. The maximum absolute atomic E-state index is 3.68. The molecule has 0 spiro atoms. The molecule has 2 aromatic carbocycles. The Labute approximate surface area is 126 Å². The Balaban J connectivity index is 2.42. The first kappa shape index (κ1) is 14.1. The van der Waals surface area contributed by atoms with E-state index in [-0.39, 0.29) is 0 Å². The summed E-state index contributed by atoms with van der Waals surface area (Å²) in [5, 5.41) is 4.79. The lowest BCUT2D eigenvalue weighted by Gasteiger charge is -2.29. The molecule has 0 aromatic heterocycles. The van der Waals surface area contributed by atoms with Crippen LogP contribution in [0.15, 0.2) is 42.5 Å². The standard InChI is InChI=1S/C16H18Br2/c1-2-16(11-17,12-18)10-14-8-5-7-13-6-3-4-9-15(13)14/h3-9H,2,10-12H2,1H3. The van der Waals surface area contributed by atoms with Crippen LogP contribution in [0.5, 0.6) is 0 Å². The number of benzene rings is 2. The zero-order chi connectivity index (χ0) is 13.0. The zero-order valence-electron chi connectivity index (χ0n) is 10.6. The molecule has 0 N–H and O–H groups in total. The molecule has 0 bridgehead atoms. The Bertz CT molecular complexity index is 502. The van der Waals surface area contributed by atoms with Gasteiger partial charge in [-0.1, -0.05) is 81.2 Å². The Morgan fingerprint density at radius 2 is 1.61 bits per heavy atom. The summed E-state index contributed by atoms with van der Waals surface area (Å²) < 4.78 is 0. The molecule has 0 atom stereocenters. The van der Waals surface area contributed by atoms with Crippen LogP contribution in [0.3, 0.4) is 0 Å².